The lowest BCUT2D eigenvalue weighted by atomic mass is 10.1. The third-order valence-electron chi connectivity index (χ3n) is 3.69. The second-order valence-electron chi connectivity index (χ2n) is 5.78. The van der Waals surface area contributed by atoms with Crippen LogP contribution < -0.4 is 10.4 Å². The molecule has 1 N–H and O–H groups in total. The SMILES string of the molecule is CCc1nn(-c2cc(OCCN(C)C)c(C(=O)O)cc2F)c(=O)n1C. The number of carboxylic acid groups (broad SMARTS) is 1. The molecule has 0 aliphatic heterocycles. The Morgan fingerprint density at radius 1 is 1.40 bits per heavy atom. The number of aryl methyl sites for hydroxylation is 1. The number of likely N-dealkylation sites (N-methyl/N-ethyl adjacent to an activating group) is 1. The van der Waals surface area contributed by atoms with Gasteiger partial charge < -0.3 is 14.7 Å². The first kappa shape index (κ1) is 18.7. The van der Waals surface area contributed by atoms with Crippen molar-refractivity contribution in [2.24, 2.45) is 7.05 Å². The Balaban J connectivity index is 2.52. The van der Waals surface area contributed by atoms with Crippen molar-refractivity contribution < 1.29 is 19.0 Å². The summed E-state index contributed by atoms with van der Waals surface area (Å²) >= 11 is 0. The molecular weight excluding hydrogens is 331 g/mol. The molecule has 0 aliphatic rings. The van der Waals surface area contributed by atoms with Crippen molar-refractivity contribution in [2.75, 3.05) is 27.2 Å². The minimum absolute atomic E-state index is 0.0126. The maximum Gasteiger partial charge on any atom is 0.350 e. The van der Waals surface area contributed by atoms with Gasteiger partial charge in [0.05, 0.1) is 0 Å². The number of carboxylic acids is 1. The molecular formula is C16H21FN4O4. The molecule has 9 heteroatoms. The highest BCUT2D eigenvalue weighted by molar-refractivity contribution is 5.91. The molecule has 0 saturated carbocycles. The van der Waals surface area contributed by atoms with Gasteiger partial charge in [-0.05, 0) is 20.2 Å². The fourth-order valence-corrected chi connectivity index (χ4v) is 2.27. The van der Waals surface area contributed by atoms with Crippen molar-refractivity contribution in [3.05, 3.63) is 39.8 Å². The fourth-order valence-electron chi connectivity index (χ4n) is 2.27. The van der Waals surface area contributed by atoms with Crippen LogP contribution in [0.4, 0.5) is 4.39 Å². The zero-order chi connectivity index (χ0) is 18.7. The number of aromatic carboxylic acids is 1. The van der Waals surface area contributed by atoms with Crippen molar-refractivity contribution in [1.29, 1.82) is 0 Å². The number of rotatable bonds is 7. The van der Waals surface area contributed by atoms with Crippen LogP contribution in [-0.4, -0.2) is 57.6 Å². The number of hydrogen-bond acceptors (Lipinski definition) is 5. The number of halogens is 1. The average Bonchev–Trinajstić information content (AvgIpc) is 2.83. The van der Waals surface area contributed by atoms with Crippen LogP contribution in [0, 0.1) is 5.82 Å². The molecule has 0 unspecified atom stereocenters. The summed E-state index contributed by atoms with van der Waals surface area (Å²) in [5.41, 5.74) is -0.970. The van der Waals surface area contributed by atoms with Crippen LogP contribution in [0.15, 0.2) is 16.9 Å². The van der Waals surface area contributed by atoms with E-state index in [0.29, 0.717) is 18.8 Å². The highest BCUT2D eigenvalue weighted by atomic mass is 19.1. The van der Waals surface area contributed by atoms with E-state index in [-0.39, 0.29) is 23.6 Å². The molecule has 25 heavy (non-hydrogen) atoms. The lowest BCUT2D eigenvalue weighted by molar-refractivity contribution is 0.0691. The quantitative estimate of drug-likeness (QED) is 0.797. The van der Waals surface area contributed by atoms with E-state index in [1.807, 2.05) is 25.9 Å². The molecule has 0 bridgehead atoms. The summed E-state index contributed by atoms with van der Waals surface area (Å²) < 4.78 is 22.1. The number of nitrogens with zero attached hydrogens (tertiary/aromatic N) is 4. The number of hydrogen-bond donors (Lipinski definition) is 1. The van der Waals surface area contributed by atoms with Crippen molar-refractivity contribution >= 4 is 5.97 Å². The standard InChI is InChI=1S/C16H21FN4O4/c1-5-14-18-21(16(24)20(14)4)12-9-13(25-7-6-19(2)3)10(15(22)23)8-11(12)17/h8-9H,5-7H2,1-4H3,(H,22,23). The van der Waals surface area contributed by atoms with Crippen molar-refractivity contribution in [3.8, 4) is 11.4 Å². The van der Waals surface area contributed by atoms with Crippen LogP contribution in [-0.2, 0) is 13.5 Å². The van der Waals surface area contributed by atoms with E-state index in [4.69, 9.17) is 4.74 Å². The maximum atomic E-state index is 14.4. The van der Waals surface area contributed by atoms with Gasteiger partial charge in [0.25, 0.3) is 0 Å². The second kappa shape index (κ2) is 7.47. The first-order chi connectivity index (χ1) is 11.8. The van der Waals surface area contributed by atoms with Crippen LogP contribution >= 0.6 is 0 Å². The number of aromatic nitrogens is 3. The molecule has 136 valence electrons. The molecule has 8 nitrogen and oxygen atoms in total. The van der Waals surface area contributed by atoms with Gasteiger partial charge in [-0.15, -0.1) is 5.10 Å². The second-order valence-corrected chi connectivity index (χ2v) is 5.78. The molecule has 0 amide bonds. The molecule has 1 heterocycles. The molecule has 1 aromatic carbocycles. The normalized spacial score (nSPS) is 11.1. The molecule has 0 fully saturated rings. The zero-order valence-electron chi connectivity index (χ0n) is 14.6. The Morgan fingerprint density at radius 2 is 2.08 bits per heavy atom. The fraction of sp³-hybridized carbons (Fsp3) is 0.438. The molecule has 0 radical (unpaired) electrons. The van der Waals surface area contributed by atoms with Crippen LogP contribution in [0.5, 0.6) is 5.75 Å². The van der Waals surface area contributed by atoms with Crippen molar-refractivity contribution in [2.45, 2.75) is 13.3 Å². The lowest BCUT2D eigenvalue weighted by Crippen LogP contribution is -2.23. The average molecular weight is 352 g/mol. The molecule has 0 saturated heterocycles. The summed E-state index contributed by atoms with van der Waals surface area (Å²) in [6.45, 7) is 2.59. The minimum Gasteiger partial charge on any atom is -0.491 e. The molecule has 2 rings (SSSR count). The topological polar surface area (TPSA) is 89.6 Å². The third kappa shape index (κ3) is 3.87. The maximum absolute atomic E-state index is 14.4. The van der Waals surface area contributed by atoms with E-state index in [1.165, 1.54) is 10.6 Å². The summed E-state index contributed by atoms with van der Waals surface area (Å²) in [4.78, 5) is 25.5. The highest BCUT2D eigenvalue weighted by Crippen LogP contribution is 2.25. The van der Waals surface area contributed by atoms with Gasteiger partial charge in [-0.2, -0.15) is 4.68 Å². The summed E-state index contributed by atoms with van der Waals surface area (Å²) in [7, 11) is 5.23. The van der Waals surface area contributed by atoms with Gasteiger partial charge in [0.2, 0.25) is 0 Å². The smallest absolute Gasteiger partial charge is 0.350 e. The van der Waals surface area contributed by atoms with E-state index < -0.39 is 17.5 Å². The molecule has 0 aliphatic carbocycles. The number of carbonyl (C=O) groups is 1. The minimum atomic E-state index is -1.31. The number of benzene rings is 1. The van der Waals surface area contributed by atoms with E-state index in [1.54, 1.807) is 7.05 Å². The van der Waals surface area contributed by atoms with Crippen LogP contribution in [0.2, 0.25) is 0 Å². The van der Waals surface area contributed by atoms with E-state index in [0.717, 1.165) is 10.7 Å². The van der Waals surface area contributed by atoms with Gasteiger partial charge in [-0.1, -0.05) is 6.92 Å². The van der Waals surface area contributed by atoms with E-state index in [9.17, 15) is 19.1 Å². The van der Waals surface area contributed by atoms with Crippen LogP contribution in [0.25, 0.3) is 5.69 Å². The molecule has 0 atom stereocenters. The van der Waals surface area contributed by atoms with Gasteiger partial charge in [0, 0.05) is 26.1 Å². The Morgan fingerprint density at radius 3 is 2.60 bits per heavy atom. The Hall–Kier alpha value is -2.68. The van der Waals surface area contributed by atoms with Gasteiger partial charge in [-0.3, -0.25) is 4.57 Å². The van der Waals surface area contributed by atoms with E-state index >= 15 is 0 Å². The van der Waals surface area contributed by atoms with Gasteiger partial charge in [0.1, 0.15) is 35.2 Å². The van der Waals surface area contributed by atoms with Crippen LogP contribution in [0.3, 0.4) is 0 Å². The molecule has 0 spiro atoms. The third-order valence-corrected chi connectivity index (χ3v) is 3.69. The van der Waals surface area contributed by atoms with Crippen molar-refractivity contribution in [1.82, 2.24) is 19.2 Å². The monoisotopic (exact) mass is 352 g/mol. The van der Waals surface area contributed by atoms with Gasteiger partial charge in [0.15, 0.2) is 0 Å². The summed E-state index contributed by atoms with van der Waals surface area (Å²) in [5.74, 6) is -1.70. The predicted octanol–water partition coefficient (Wildman–Crippen LogP) is 0.911. The lowest BCUT2D eigenvalue weighted by Gasteiger charge is -2.14. The highest BCUT2D eigenvalue weighted by Gasteiger charge is 2.20. The van der Waals surface area contributed by atoms with Crippen LogP contribution in [0.1, 0.15) is 23.1 Å². The summed E-state index contributed by atoms with van der Waals surface area (Å²) in [6.07, 6.45) is 0.500. The molecule has 1 aromatic heterocycles. The summed E-state index contributed by atoms with van der Waals surface area (Å²) in [6, 6.07) is 2.04. The van der Waals surface area contributed by atoms with Gasteiger partial charge in [-0.25, -0.2) is 14.0 Å². The van der Waals surface area contributed by atoms with Gasteiger partial charge >= 0.3 is 11.7 Å². The molecule has 2 aromatic rings. The Labute approximate surface area is 144 Å². The Bertz CT molecular complexity index is 841. The Kier molecular flexibility index (Phi) is 5.58. The summed E-state index contributed by atoms with van der Waals surface area (Å²) in [5, 5.41) is 13.4. The first-order valence-electron chi connectivity index (χ1n) is 7.75. The van der Waals surface area contributed by atoms with E-state index in [2.05, 4.69) is 5.10 Å². The zero-order valence-corrected chi connectivity index (χ0v) is 14.6. The number of ether oxygens (including phenoxy) is 1. The predicted molar refractivity (Wildman–Crippen MR) is 89.1 cm³/mol. The first-order valence-corrected chi connectivity index (χ1v) is 7.75. The largest absolute Gasteiger partial charge is 0.491 e. The van der Waals surface area contributed by atoms with Crippen molar-refractivity contribution in [3.63, 3.8) is 0 Å².